The summed E-state index contributed by atoms with van der Waals surface area (Å²) in [6.45, 7) is 2.06. The number of carbonyl (C=O) groups is 1. The predicted octanol–water partition coefficient (Wildman–Crippen LogP) is 4.45. The molecule has 8 heteroatoms. The second kappa shape index (κ2) is 7.86. The fraction of sp³-hybridized carbons (Fsp3) is 0.105. The number of aromatic nitrogens is 2. The maximum Gasteiger partial charge on any atom is 0.258 e. The Bertz CT molecular complexity index is 960. The molecule has 1 aromatic heterocycles. The van der Waals surface area contributed by atoms with Crippen LogP contribution in [0.3, 0.4) is 0 Å². The van der Waals surface area contributed by atoms with Crippen LogP contribution >= 0.6 is 0 Å². The summed E-state index contributed by atoms with van der Waals surface area (Å²) in [5.74, 6) is -4.94. The largest absolute Gasteiger partial charge is 0.324 e. The predicted molar refractivity (Wildman–Crippen MR) is 95.4 cm³/mol. The number of benzene rings is 2. The van der Waals surface area contributed by atoms with Crippen LogP contribution in [0.4, 0.5) is 30.5 Å². The van der Waals surface area contributed by atoms with Gasteiger partial charge in [-0.2, -0.15) is 0 Å². The smallest absolute Gasteiger partial charge is 0.258 e. The van der Waals surface area contributed by atoms with Crippen molar-refractivity contribution in [3.05, 3.63) is 77.4 Å². The second-order valence-electron chi connectivity index (χ2n) is 5.65. The molecule has 0 spiro atoms. The summed E-state index contributed by atoms with van der Waals surface area (Å²) in [5, 5.41) is 5.14. The van der Waals surface area contributed by atoms with Crippen molar-refractivity contribution in [2.75, 3.05) is 10.6 Å². The van der Waals surface area contributed by atoms with E-state index in [9.17, 15) is 18.0 Å². The lowest BCUT2D eigenvalue weighted by molar-refractivity contribution is 0.102. The van der Waals surface area contributed by atoms with Crippen LogP contribution in [0.25, 0.3) is 0 Å². The van der Waals surface area contributed by atoms with E-state index in [1.54, 1.807) is 0 Å². The lowest BCUT2D eigenvalue weighted by atomic mass is 10.1. The van der Waals surface area contributed by atoms with Crippen LogP contribution in [0.5, 0.6) is 0 Å². The van der Waals surface area contributed by atoms with E-state index in [0.717, 1.165) is 24.2 Å². The van der Waals surface area contributed by atoms with E-state index in [4.69, 9.17) is 0 Å². The Morgan fingerprint density at radius 2 is 1.63 bits per heavy atom. The Hall–Kier alpha value is -3.42. The quantitative estimate of drug-likeness (QED) is 0.650. The summed E-state index contributed by atoms with van der Waals surface area (Å²) < 4.78 is 39.8. The van der Waals surface area contributed by atoms with Gasteiger partial charge in [0.1, 0.15) is 0 Å². The van der Waals surface area contributed by atoms with Crippen LogP contribution in [-0.2, 0) is 6.42 Å². The van der Waals surface area contributed by atoms with Gasteiger partial charge in [0.05, 0.1) is 11.3 Å². The molecule has 3 rings (SSSR count). The normalized spacial score (nSPS) is 10.5. The molecule has 5 nitrogen and oxygen atoms in total. The van der Waals surface area contributed by atoms with E-state index in [2.05, 4.69) is 27.5 Å². The maximum absolute atomic E-state index is 13.6. The average molecular weight is 372 g/mol. The summed E-state index contributed by atoms with van der Waals surface area (Å²) >= 11 is 0. The number of carbonyl (C=O) groups excluding carboxylic acids is 1. The summed E-state index contributed by atoms with van der Waals surface area (Å²) in [6, 6.07) is 9.37. The van der Waals surface area contributed by atoms with E-state index in [1.165, 1.54) is 18.0 Å². The van der Waals surface area contributed by atoms with Crippen LogP contribution in [-0.4, -0.2) is 15.9 Å². The summed E-state index contributed by atoms with van der Waals surface area (Å²) in [6.07, 6.45) is 3.41. The molecule has 3 aromatic rings. The zero-order valence-corrected chi connectivity index (χ0v) is 14.3. The average Bonchev–Trinajstić information content (AvgIpc) is 2.69. The molecule has 2 aromatic carbocycles. The van der Waals surface area contributed by atoms with Crippen molar-refractivity contribution in [2.45, 2.75) is 13.3 Å². The number of aryl methyl sites for hydroxylation is 1. The zero-order valence-electron chi connectivity index (χ0n) is 14.3. The highest BCUT2D eigenvalue weighted by Crippen LogP contribution is 2.20. The standard InChI is InChI=1S/C19H15F3N4O/c1-2-11-3-5-13(6-4-11)25-19-23-9-12(10-24-19)18(27)26-15-8-7-14(20)16(21)17(15)22/h3-10H,2H2,1H3,(H,26,27)(H,23,24,25). The molecule has 138 valence electrons. The topological polar surface area (TPSA) is 66.9 Å². The van der Waals surface area contributed by atoms with Crippen molar-refractivity contribution in [3.8, 4) is 0 Å². The van der Waals surface area contributed by atoms with Crippen LogP contribution in [0.2, 0.25) is 0 Å². The van der Waals surface area contributed by atoms with Gasteiger partial charge in [-0.25, -0.2) is 23.1 Å². The Kier molecular flexibility index (Phi) is 5.35. The Morgan fingerprint density at radius 1 is 0.963 bits per heavy atom. The first kappa shape index (κ1) is 18.4. The third-order valence-electron chi connectivity index (χ3n) is 3.82. The van der Waals surface area contributed by atoms with Gasteiger partial charge >= 0.3 is 0 Å². The van der Waals surface area contributed by atoms with E-state index in [-0.39, 0.29) is 11.5 Å². The lowest BCUT2D eigenvalue weighted by Crippen LogP contribution is -2.15. The highest BCUT2D eigenvalue weighted by molar-refractivity contribution is 6.04. The first-order valence-electron chi connectivity index (χ1n) is 8.10. The number of nitrogens with zero attached hydrogens (tertiary/aromatic N) is 2. The summed E-state index contributed by atoms with van der Waals surface area (Å²) in [5.41, 5.74) is 1.54. The first-order chi connectivity index (χ1) is 13.0. The number of nitrogens with one attached hydrogen (secondary N) is 2. The SMILES string of the molecule is CCc1ccc(Nc2ncc(C(=O)Nc3ccc(F)c(F)c3F)cn2)cc1. The second-order valence-corrected chi connectivity index (χ2v) is 5.65. The fourth-order valence-electron chi connectivity index (χ4n) is 2.28. The van der Waals surface area contributed by atoms with Gasteiger partial charge in [0.15, 0.2) is 17.5 Å². The van der Waals surface area contributed by atoms with Crippen LogP contribution in [0, 0.1) is 17.5 Å². The summed E-state index contributed by atoms with van der Waals surface area (Å²) in [7, 11) is 0. The van der Waals surface area contributed by atoms with Crippen molar-refractivity contribution >= 4 is 23.2 Å². The number of halogens is 3. The first-order valence-corrected chi connectivity index (χ1v) is 8.10. The third-order valence-corrected chi connectivity index (χ3v) is 3.82. The number of hydrogen-bond donors (Lipinski definition) is 2. The van der Waals surface area contributed by atoms with Gasteiger partial charge in [-0.15, -0.1) is 0 Å². The van der Waals surface area contributed by atoms with Crippen LogP contribution < -0.4 is 10.6 Å². The van der Waals surface area contributed by atoms with Gasteiger partial charge in [-0.1, -0.05) is 19.1 Å². The van der Waals surface area contributed by atoms with Crippen molar-refractivity contribution in [1.29, 1.82) is 0 Å². The minimum atomic E-state index is -1.65. The molecule has 1 amide bonds. The number of anilines is 3. The van der Waals surface area contributed by atoms with Crippen molar-refractivity contribution < 1.29 is 18.0 Å². The van der Waals surface area contributed by atoms with Crippen molar-refractivity contribution in [1.82, 2.24) is 9.97 Å². The molecule has 0 saturated carbocycles. The molecule has 0 radical (unpaired) electrons. The monoisotopic (exact) mass is 372 g/mol. The van der Waals surface area contributed by atoms with Crippen LogP contribution in [0.1, 0.15) is 22.8 Å². The van der Waals surface area contributed by atoms with E-state index in [1.807, 2.05) is 24.3 Å². The molecule has 0 bridgehead atoms. The molecule has 0 fully saturated rings. The summed E-state index contributed by atoms with van der Waals surface area (Å²) in [4.78, 5) is 20.2. The highest BCUT2D eigenvalue weighted by atomic mass is 19.2. The number of hydrogen-bond acceptors (Lipinski definition) is 4. The Balaban J connectivity index is 1.69. The van der Waals surface area contributed by atoms with Crippen LogP contribution in [0.15, 0.2) is 48.8 Å². The van der Waals surface area contributed by atoms with E-state index >= 15 is 0 Å². The van der Waals surface area contributed by atoms with Gasteiger partial charge in [-0.05, 0) is 36.2 Å². The van der Waals surface area contributed by atoms with Gasteiger partial charge in [0.2, 0.25) is 5.95 Å². The molecule has 1 heterocycles. The Labute approximate surface area is 153 Å². The van der Waals surface area contributed by atoms with E-state index in [0.29, 0.717) is 0 Å². The van der Waals surface area contributed by atoms with Gasteiger partial charge in [-0.3, -0.25) is 4.79 Å². The molecule has 0 unspecified atom stereocenters. The third kappa shape index (κ3) is 4.22. The minimum absolute atomic E-state index is 0.0333. The fourth-order valence-corrected chi connectivity index (χ4v) is 2.28. The minimum Gasteiger partial charge on any atom is -0.324 e. The molecular formula is C19H15F3N4O. The van der Waals surface area contributed by atoms with E-state index < -0.39 is 29.0 Å². The van der Waals surface area contributed by atoms with Crippen molar-refractivity contribution in [2.24, 2.45) is 0 Å². The zero-order chi connectivity index (χ0) is 19.4. The van der Waals surface area contributed by atoms with Crippen molar-refractivity contribution in [3.63, 3.8) is 0 Å². The number of amides is 1. The molecule has 0 aliphatic carbocycles. The molecule has 0 atom stereocenters. The Morgan fingerprint density at radius 3 is 2.26 bits per heavy atom. The molecule has 0 aliphatic heterocycles. The molecule has 0 saturated heterocycles. The highest BCUT2D eigenvalue weighted by Gasteiger charge is 2.16. The lowest BCUT2D eigenvalue weighted by Gasteiger charge is -2.08. The molecule has 27 heavy (non-hydrogen) atoms. The molecule has 2 N–H and O–H groups in total. The molecule has 0 aliphatic rings. The number of rotatable bonds is 5. The van der Waals surface area contributed by atoms with Gasteiger partial charge in [0.25, 0.3) is 5.91 Å². The van der Waals surface area contributed by atoms with Gasteiger partial charge < -0.3 is 10.6 Å². The maximum atomic E-state index is 13.6. The molecular weight excluding hydrogens is 357 g/mol. The van der Waals surface area contributed by atoms with Gasteiger partial charge in [0, 0.05) is 18.1 Å².